The second-order valence-electron chi connectivity index (χ2n) is 6.16. The number of esters is 1. The van der Waals surface area contributed by atoms with Crippen LogP contribution in [-0.4, -0.2) is 18.4 Å². The average molecular weight is 321 g/mol. The lowest BCUT2D eigenvalue weighted by atomic mass is 9.84. The summed E-state index contributed by atoms with van der Waals surface area (Å²) < 4.78 is 5.12. The third-order valence-electron chi connectivity index (χ3n) is 4.60. The molecule has 2 atom stereocenters. The van der Waals surface area contributed by atoms with Crippen molar-refractivity contribution in [3.63, 3.8) is 0 Å². The number of benzene rings is 1. The summed E-state index contributed by atoms with van der Waals surface area (Å²) in [6.45, 7) is 2.17. The Bertz CT molecular complexity index is 782. The van der Waals surface area contributed by atoms with Gasteiger partial charge in [-0.05, 0) is 54.0 Å². The number of rotatable bonds is 3. The quantitative estimate of drug-likeness (QED) is 0.802. The van der Waals surface area contributed by atoms with Gasteiger partial charge in [-0.1, -0.05) is 30.3 Å². The molecular weight excluding hydrogens is 302 g/mol. The van der Waals surface area contributed by atoms with Crippen molar-refractivity contribution in [2.75, 3.05) is 6.61 Å². The SMILES string of the molecule is CCOC(=O)C[C@H]1CC2=CC(C#N)C(=O)C=C2Cc2ccccc21. The van der Waals surface area contributed by atoms with Crippen LogP contribution in [0, 0.1) is 17.2 Å². The number of allylic oxidation sites excluding steroid dienone is 4. The fraction of sp³-hybridized carbons (Fsp3) is 0.350. The molecule has 4 heteroatoms. The number of carbonyl (C=O) groups is 2. The Balaban J connectivity index is 1.99. The highest BCUT2D eigenvalue weighted by atomic mass is 16.5. The minimum Gasteiger partial charge on any atom is -0.466 e. The van der Waals surface area contributed by atoms with Crippen molar-refractivity contribution < 1.29 is 14.3 Å². The van der Waals surface area contributed by atoms with E-state index in [0.717, 1.165) is 22.3 Å². The highest BCUT2D eigenvalue weighted by Crippen LogP contribution is 2.40. The molecule has 1 aromatic carbocycles. The Morgan fingerprint density at radius 1 is 1.33 bits per heavy atom. The molecule has 24 heavy (non-hydrogen) atoms. The normalized spacial score (nSPS) is 22.2. The monoisotopic (exact) mass is 321 g/mol. The van der Waals surface area contributed by atoms with Gasteiger partial charge < -0.3 is 4.74 Å². The number of fused-ring (bicyclic) bond motifs is 2. The van der Waals surface area contributed by atoms with Gasteiger partial charge in [-0.3, -0.25) is 9.59 Å². The van der Waals surface area contributed by atoms with E-state index in [9.17, 15) is 9.59 Å². The van der Waals surface area contributed by atoms with Crippen LogP contribution in [-0.2, 0) is 20.7 Å². The summed E-state index contributed by atoms with van der Waals surface area (Å²) in [6.07, 6.45) is 4.98. The number of ketones is 1. The molecule has 2 aliphatic rings. The number of ether oxygens (including phenoxy) is 1. The molecule has 122 valence electrons. The van der Waals surface area contributed by atoms with Crippen molar-refractivity contribution in [3.05, 3.63) is 58.7 Å². The van der Waals surface area contributed by atoms with Crippen LogP contribution in [0.2, 0.25) is 0 Å². The van der Waals surface area contributed by atoms with E-state index >= 15 is 0 Å². The fourth-order valence-electron chi connectivity index (χ4n) is 3.49. The highest BCUT2D eigenvalue weighted by molar-refractivity contribution is 5.97. The van der Waals surface area contributed by atoms with Crippen molar-refractivity contribution in [3.8, 4) is 6.07 Å². The molecule has 0 aliphatic heterocycles. The van der Waals surface area contributed by atoms with Crippen LogP contribution in [0.3, 0.4) is 0 Å². The van der Waals surface area contributed by atoms with E-state index in [1.807, 2.05) is 30.3 Å². The molecular formula is C20H19NO3. The highest BCUT2D eigenvalue weighted by Gasteiger charge is 2.30. The molecule has 0 radical (unpaired) electrons. The summed E-state index contributed by atoms with van der Waals surface area (Å²) in [6, 6.07) is 10.1. The number of nitrogens with zero attached hydrogens (tertiary/aromatic N) is 1. The van der Waals surface area contributed by atoms with Crippen LogP contribution in [0.5, 0.6) is 0 Å². The molecule has 0 N–H and O–H groups in total. The fourth-order valence-corrected chi connectivity index (χ4v) is 3.49. The maximum Gasteiger partial charge on any atom is 0.306 e. The van der Waals surface area contributed by atoms with Crippen molar-refractivity contribution >= 4 is 11.8 Å². The van der Waals surface area contributed by atoms with Gasteiger partial charge in [0.05, 0.1) is 19.1 Å². The topological polar surface area (TPSA) is 67.2 Å². The summed E-state index contributed by atoms with van der Waals surface area (Å²) in [7, 11) is 0. The Kier molecular flexibility index (Phi) is 4.61. The molecule has 3 rings (SSSR count). The van der Waals surface area contributed by atoms with Crippen molar-refractivity contribution in [1.29, 1.82) is 5.26 Å². The van der Waals surface area contributed by atoms with E-state index in [0.29, 0.717) is 25.9 Å². The first-order valence-electron chi connectivity index (χ1n) is 8.21. The average Bonchev–Trinajstić information content (AvgIpc) is 2.71. The van der Waals surface area contributed by atoms with Crippen molar-refractivity contribution in [2.24, 2.45) is 5.92 Å². The molecule has 0 heterocycles. The summed E-state index contributed by atoms with van der Waals surface area (Å²) in [4.78, 5) is 24.0. The predicted molar refractivity (Wildman–Crippen MR) is 89.0 cm³/mol. The van der Waals surface area contributed by atoms with Crippen LogP contribution in [0.25, 0.3) is 0 Å². The van der Waals surface area contributed by atoms with Gasteiger partial charge in [-0.25, -0.2) is 0 Å². The van der Waals surface area contributed by atoms with Gasteiger partial charge in [0.2, 0.25) is 0 Å². The minimum atomic E-state index is -0.715. The first-order valence-corrected chi connectivity index (χ1v) is 8.21. The van der Waals surface area contributed by atoms with Gasteiger partial charge >= 0.3 is 5.97 Å². The number of hydrogen-bond acceptors (Lipinski definition) is 4. The summed E-state index contributed by atoms with van der Waals surface area (Å²) in [5.74, 6) is -1.08. The predicted octanol–water partition coefficient (Wildman–Crippen LogP) is 3.24. The lowest BCUT2D eigenvalue weighted by Gasteiger charge is -2.19. The van der Waals surface area contributed by atoms with Gasteiger partial charge in [0, 0.05) is 0 Å². The molecule has 0 spiro atoms. The maximum absolute atomic E-state index is 12.0. The number of carbonyl (C=O) groups excluding carboxylic acids is 2. The third kappa shape index (κ3) is 3.16. The summed E-state index contributed by atoms with van der Waals surface area (Å²) >= 11 is 0. The molecule has 0 bridgehead atoms. The van der Waals surface area contributed by atoms with Crippen molar-refractivity contribution in [1.82, 2.24) is 0 Å². The lowest BCUT2D eigenvalue weighted by Crippen LogP contribution is -2.16. The Hall–Kier alpha value is -2.67. The molecule has 2 aliphatic carbocycles. The zero-order valence-electron chi connectivity index (χ0n) is 13.6. The Morgan fingerprint density at radius 2 is 2.12 bits per heavy atom. The molecule has 0 saturated heterocycles. The lowest BCUT2D eigenvalue weighted by molar-refractivity contribution is -0.143. The summed E-state index contributed by atoms with van der Waals surface area (Å²) in [5, 5.41) is 9.16. The zero-order valence-corrected chi connectivity index (χ0v) is 13.6. The molecule has 1 unspecified atom stereocenters. The van der Waals surface area contributed by atoms with Crippen molar-refractivity contribution in [2.45, 2.75) is 32.1 Å². The van der Waals surface area contributed by atoms with Crippen LogP contribution in [0.1, 0.15) is 36.8 Å². The molecule has 0 amide bonds. The third-order valence-corrected chi connectivity index (χ3v) is 4.60. The second-order valence-corrected chi connectivity index (χ2v) is 6.16. The van der Waals surface area contributed by atoms with Crippen LogP contribution in [0.15, 0.2) is 47.6 Å². The Morgan fingerprint density at radius 3 is 2.88 bits per heavy atom. The number of nitriles is 1. The second kappa shape index (κ2) is 6.84. The standard InChI is InChI=1S/C20H19NO3/c1-2-24-20(23)11-16-8-14-9-17(12-21)19(22)10-15(14)7-13-5-3-4-6-18(13)16/h3-6,9-10,16-17H,2,7-8,11H2,1H3/t16-,17?/m1/s1. The molecule has 0 saturated carbocycles. The van der Waals surface area contributed by atoms with Crippen LogP contribution >= 0.6 is 0 Å². The minimum absolute atomic E-state index is 0.00458. The zero-order chi connectivity index (χ0) is 17.1. The summed E-state index contributed by atoms with van der Waals surface area (Å²) in [5.41, 5.74) is 4.23. The van der Waals surface area contributed by atoms with Gasteiger partial charge in [0.1, 0.15) is 5.92 Å². The van der Waals surface area contributed by atoms with Gasteiger partial charge in [-0.15, -0.1) is 0 Å². The smallest absolute Gasteiger partial charge is 0.306 e. The first kappa shape index (κ1) is 16.2. The van der Waals surface area contributed by atoms with E-state index in [1.54, 1.807) is 19.1 Å². The van der Waals surface area contributed by atoms with E-state index in [1.165, 1.54) is 0 Å². The first-order chi connectivity index (χ1) is 11.6. The van der Waals surface area contributed by atoms with Crippen LogP contribution < -0.4 is 0 Å². The van der Waals surface area contributed by atoms with Gasteiger partial charge in [0.25, 0.3) is 0 Å². The number of hydrogen-bond donors (Lipinski definition) is 0. The van der Waals surface area contributed by atoms with Gasteiger partial charge in [0.15, 0.2) is 5.78 Å². The molecule has 0 aromatic heterocycles. The van der Waals surface area contributed by atoms with Crippen LogP contribution in [0.4, 0.5) is 0 Å². The maximum atomic E-state index is 12.0. The molecule has 0 fully saturated rings. The molecule has 1 aromatic rings. The molecule has 4 nitrogen and oxygen atoms in total. The largest absolute Gasteiger partial charge is 0.466 e. The van der Waals surface area contributed by atoms with E-state index < -0.39 is 5.92 Å². The van der Waals surface area contributed by atoms with E-state index in [4.69, 9.17) is 10.00 Å². The Labute approximate surface area is 141 Å². The van der Waals surface area contributed by atoms with E-state index in [2.05, 4.69) is 0 Å². The van der Waals surface area contributed by atoms with E-state index in [-0.39, 0.29) is 17.7 Å². The van der Waals surface area contributed by atoms with Gasteiger partial charge in [-0.2, -0.15) is 5.26 Å².